The Kier molecular flexibility index (Phi) is 7.90. The molecule has 2 saturated heterocycles. The monoisotopic (exact) mass is 429 g/mol. The first-order valence-corrected chi connectivity index (χ1v) is 11.4. The number of hydrogen-bond donors (Lipinski definition) is 1. The predicted molar refractivity (Wildman–Crippen MR) is 113 cm³/mol. The normalized spacial score (nSPS) is 23.1. The van der Waals surface area contributed by atoms with Crippen molar-refractivity contribution in [2.24, 2.45) is 11.7 Å². The number of likely N-dealkylation sites (tertiary alicyclic amines) is 1. The Hall–Kier alpha value is -1.15. The maximum Gasteiger partial charge on any atom is 0.253 e. The largest absolute Gasteiger partial charge is 0.339 e. The van der Waals surface area contributed by atoms with Crippen LogP contribution in [0.25, 0.3) is 0 Å². The topological polar surface area (TPSA) is 83.7 Å². The third-order valence-electron chi connectivity index (χ3n) is 6.02. The van der Waals surface area contributed by atoms with Crippen LogP contribution >= 0.6 is 12.4 Å². The highest BCUT2D eigenvalue weighted by atomic mass is 35.5. The molecule has 2 aliphatic rings. The molecular formula is C20H32ClN3O3S. The van der Waals surface area contributed by atoms with Crippen LogP contribution in [0.3, 0.4) is 0 Å². The van der Waals surface area contributed by atoms with Gasteiger partial charge in [-0.3, -0.25) is 4.79 Å². The van der Waals surface area contributed by atoms with Gasteiger partial charge in [-0.25, -0.2) is 8.42 Å². The lowest BCUT2D eigenvalue weighted by atomic mass is 9.90. The number of halogens is 1. The Morgan fingerprint density at radius 2 is 1.68 bits per heavy atom. The Morgan fingerprint density at radius 3 is 2.21 bits per heavy atom. The van der Waals surface area contributed by atoms with Gasteiger partial charge in [-0.2, -0.15) is 4.31 Å². The van der Waals surface area contributed by atoms with Crippen LogP contribution in [-0.4, -0.2) is 55.2 Å². The summed E-state index contributed by atoms with van der Waals surface area (Å²) in [7, 11) is -3.50. The highest BCUT2D eigenvalue weighted by Crippen LogP contribution is 2.26. The molecule has 3 rings (SSSR count). The van der Waals surface area contributed by atoms with E-state index >= 15 is 0 Å². The highest BCUT2D eigenvalue weighted by molar-refractivity contribution is 7.89. The van der Waals surface area contributed by atoms with Gasteiger partial charge in [0, 0.05) is 37.3 Å². The first-order valence-electron chi connectivity index (χ1n) is 9.97. The maximum absolute atomic E-state index is 12.9. The molecule has 2 atom stereocenters. The van der Waals surface area contributed by atoms with E-state index in [9.17, 15) is 13.2 Å². The smallest absolute Gasteiger partial charge is 0.253 e. The second kappa shape index (κ2) is 9.57. The van der Waals surface area contributed by atoms with Crippen molar-refractivity contribution in [2.75, 3.05) is 19.6 Å². The number of hydrogen-bond acceptors (Lipinski definition) is 4. The number of nitrogens with two attached hydrogens (primary N) is 1. The first kappa shape index (κ1) is 23.1. The van der Waals surface area contributed by atoms with Gasteiger partial charge in [0.15, 0.2) is 0 Å². The molecule has 2 aliphatic heterocycles. The van der Waals surface area contributed by atoms with E-state index in [1.165, 1.54) is 0 Å². The Morgan fingerprint density at radius 1 is 1.07 bits per heavy atom. The number of nitrogens with zero attached hydrogens (tertiary/aromatic N) is 2. The zero-order chi connectivity index (χ0) is 19.6. The van der Waals surface area contributed by atoms with Crippen LogP contribution in [0.2, 0.25) is 0 Å². The summed E-state index contributed by atoms with van der Waals surface area (Å²) in [6.07, 6.45) is 4.70. The number of carbonyl (C=O) groups excluding carboxylic acids is 1. The molecule has 158 valence electrons. The predicted octanol–water partition coefficient (Wildman–Crippen LogP) is 2.87. The lowest BCUT2D eigenvalue weighted by Gasteiger charge is -2.34. The summed E-state index contributed by atoms with van der Waals surface area (Å²) in [5, 5.41) is 0. The molecule has 0 saturated carbocycles. The van der Waals surface area contributed by atoms with Gasteiger partial charge in [0.25, 0.3) is 5.91 Å². The van der Waals surface area contributed by atoms with E-state index in [4.69, 9.17) is 5.73 Å². The number of carbonyl (C=O) groups is 1. The number of benzene rings is 1. The fraction of sp³-hybridized carbons (Fsp3) is 0.650. The van der Waals surface area contributed by atoms with Crippen LogP contribution in [0.1, 0.15) is 56.3 Å². The average molecular weight is 430 g/mol. The summed E-state index contributed by atoms with van der Waals surface area (Å²) >= 11 is 0. The van der Waals surface area contributed by atoms with Crippen LogP contribution in [0.4, 0.5) is 0 Å². The highest BCUT2D eigenvalue weighted by Gasteiger charge is 2.31. The zero-order valence-electron chi connectivity index (χ0n) is 16.7. The fourth-order valence-electron chi connectivity index (χ4n) is 4.14. The Bertz CT molecular complexity index is 759. The standard InChI is InChI=1S/C20H31N3O3S.ClH/c1-15-5-3-4-12-23(15)27(25,26)19-8-6-18(7-9-19)20(24)22-13-10-17(11-14-22)16(2)21;/h6-9,15-17H,3-5,10-14,21H2,1-2H3;1H. The molecule has 28 heavy (non-hydrogen) atoms. The molecule has 1 aromatic rings. The molecule has 0 radical (unpaired) electrons. The van der Waals surface area contributed by atoms with Crippen molar-refractivity contribution in [1.29, 1.82) is 0 Å². The molecule has 2 unspecified atom stereocenters. The summed E-state index contributed by atoms with van der Waals surface area (Å²) in [5.74, 6) is 0.432. The van der Waals surface area contributed by atoms with Crippen molar-refractivity contribution >= 4 is 28.3 Å². The Balaban J connectivity index is 0.00000280. The average Bonchev–Trinajstić information content (AvgIpc) is 2.68. The molecule has 0 spiro atoms. The lowest BCUT2D eigenvalue weighted by molar-refractivity contribution is 0.0681. The van der Waals surface area contributed by atoms with E-state index in [0.29, 0.717) is 31.1 Å². The van der Waals surface area contributed by atoms with Crippen LogP contribution in [0, 0.1) is 5.92 Å². The molecule has 0 bridgehead atoms. The number of amides is 1. The SMILES string of the molecule is CC(N)C1CCN(C(=O)c2ccc(S(=O)(=O)N3CCCCC3C)cc2)CC1.Cl. The van der Waals surface area contributed by atoms with Crippen LogP contribution in [0.5, 0.6) is 0 Å². The molecule has 0 aromatic heterocycles. The van der Waals surface area contributed by atoms with Gasteiger partial charge in [-0.05, 0) is 69.7 Å². The van der Waals surface area contributed by atoms with Crippen molar-refractivity contribution in [2.45, 2.75) is 62.9 Å². The van der Waals surface area contributed by atoms with Crippen LogP contribution in [0.15, 0.2) is 29.2 Å². The van der Waals surface area contributed by atoms with E-state index in [-0.39, 0.29) is 35.3 Å². The number of sulfonamides is 1. The van der Waals surface area contributed by atoms with E-state index in [1.54, 1.807) is 28.6 Å². The van der Waals surface area contributed by atoms with Crippen LogP contribution in [-0.2, 0) is 10.0 Å². The first-order chi connectivity index (χ1) is 12.8. The van der Waals surface area contributed by atoms with E-state index < -0.39 is 10.0 Å². The summed E-state index contributed by atoms with van der Waals surface area (Å²) in [5.41, 5.74) is 6.51. The van der Waals surface area contributed by atoms with Gasteiger partial charge in [0.1, 0.15) is 0 Å². The molecule has 1 aromatic carbocycles. The Labute approximate surface area is 174 Å². The minimum absolute atomic E-state index is 0. The van der Waals surface area contributed by atoms with E-state index in [0.717, 1.165) is 32.1 Å². The minimum atomic E-state index is -3.50. The third kappa shape index (κ3) is 4.87. The van der Waals surface area contributed by atoms with Crippen molar-refractivity contribution in [1.82, 2.24) is 9.21 Å². The zero-order valence-corrected chi connectivity index (χ0v) is 18.3. The van der Waals surface area contributed by atoms with Crippen molar-refractivity contribution in [3.8, 4) is 0 Å². The summed E-state index contributed by atoms with van der Waals surface area (Å²) in [4.78, 5) is 14.8. The molecule has 8 heteroatoms. The van der Waals surface area contributed by atoms with Crippen molar-refractivity contribution in [3.63, 3.8) is 0 Å². The van der Waals surface area contributed by atoms with E-state index in [1.807, 2.05) is 18.7 Å². The third-order valence-corrected chi connectivity index (χ3v) is 8.05. The van der Waals surface area contributed by atoms with Crippen LogP contribution < -0.4 is 5.73 Å². The fourth-order valence-corrected chi connectivity index (χ4v) is 5.84. The van der Waals surface area contributed by atoms with Gasteiger partial charge in [0.2, 0.25) is 10.0 Å². The van der Waals surface area contributed by atoms with Gasteiger partial charge >= 0.3 is 0 Å². The maximum atomic E-state index is 12.9. The second-order valence-electron chi connectivity index (χ2n) is 7.97. The minimum Gasteiger partial charge on any atom is -0.339 e. The van der Waals surface area contributed by atoms with Gasteiger partial charge < -0.3 is 10.6 Å². The molecular weight excluding hydrogens is 398 g/mol. The van der Waals surface area contributed by atoms with Crippen molar-refractivity contribution < 1.29 is 13.2 Å². The number of rotatable bonds is 4. The van der Waals surface area contributed by atoms with Gasteiger partial charge in [0.05, 0.1) is 4.90 Å². The summed E-state index contributed by atoms with van der Waals surface area (Å²) in [6.45, 7) is 5.95. The quantitative estimate of drug-likeness (QED) is 0.797. The number of piperidine rings is 2. The second-order valence-corrected chi connectivity index (χ2v) is 9.86. The summed E-state index contributed by atoms with van der Waals surface area (Å²) < 4.78 is 27.4. The molecule has 2 heterocycles. The van der Waals surface area contributed by atoms with E-state index in [2.05, 4.69) is 0 Å². The molecule has 1 amide bonds. The lowest BCUT2D eigenvalue weighted by Crippen LogP contribution is -2.42. The van der Waals surface area contributed by atoms with Crippen molar-refractivity contribution in [3.05, 3.63) is 29.8 Å². The molecule has 6 nitrogen and oxygen atoms in total. The molecule has 2 fully saturated rings. The van der Waals surface area contributed by atoms with Gasteiger partial charge in [-0.1, -0.05) is 6.42 Å². The molecule has 0 aliphatic carbocycles. The molecule has 2 N–H and O–H groups in total. The summed E-state index contributed by atoms with van der Waals surface area (Å²) in [6, 6.07) is 6.60. The van der Waals surface area contributed by atoms with Gasteiger partial charge in [-0.15, -0.1) is 12.4 Å².